The first-order valence-corrected chi connectivity index (χ1v) is 8.82. The number of carbonyl (C=O) groups is 1. The Morgan fingerprint density at radius 2 is 1.64 bits per heavy atom. The predicted molar refractivity (Wildman–Crippen MR) is 100 cm³/mol. The molecule has 2 aliphatic rings. The van der Waals surface area contributed by atoms with Crippen LogP contribution >= 0.6 is 0 Å². The maximum absolute atomic E-state index is 13.0. The lowest BCUT2D eigenvalue weighted by Crippen LogP contribution is -2.34. The number of aryl methyl sites for hydroxylation is 1. The Morgan fingerprint density at radius 3 is 2.48 bits per heavy atom. The third kappa shape index (κ3) is 2.07. The van der Waals surface area contributed by atoms with Crippen molar-refractivity contribution in [3.63, 3.8) is 0 Å². The lowest BCUT2D eigenvalue weighted by atomic mass is 9.80. The molecule has 5 rings (SSSR count). The van der Waals surface area contributed by atoms with Crippen LogP contribution in [-0.4, -0.2) is 5.91 Å². The van der Waals surface area contributed by atoms with E-state index in [4.69, 9.17) is 0 Å². The molecular formula is C23H19NO. The number of amides is 1. The van der Waals surface area contributed by atoms with E-state index in [1.807, 2.05) is 23.1 Å². The maximum atomic E-state index is 13.0. The summed E-state index contributed by atoms with van der Waals surface area (Å²) in [6.45, 7) is 2.12. The summed E-state index contributed by atoms with van der Waals surface area (Å²) in [6, 6.07) is 25.3. The van der Waals surface area contributed by atoms with E-state index in [1.165, 1.54) is 22.3 Å². The van der Waals surface area contributed by atoms with Gasteiger partial charge in [0.2, 0.25) is 0 Å². The van der Waals surface area contributed by atoms with Gasteiger partial charge in [-0.05, 0) is 42.2 Å². The fraction of sp³-hybridized carbons (Fsp3) is 0.174. The number of rotatable bonds is 1. The molecule has 0 aromatic heterocycles. The van der Waals surface area contributed by atoms with Gasteiger partial charge in [0.25, 0.3) is 5.91 Å². The van der Waals surface area contributed by atoms with Crippen LogP contribution in [0.5, 0.6) is 0 Å². The minimum Gasteiger partial charge on any atom is -0.301 e. The molecule has 2 heterocycles. The predicted octanol–water partition coefficient (Wildman–Crippen LogP) is 5.23. The van der Waals surface area contributed by atoms with E-state index in [0.29, 0.717) is 5.92 Å². The standard InChI is InChI=1S/C23H19NO/c1-15-11-12-21-20(13-15)19(16-7-3-2-4-8-16)14-22-17-9-5-6-10-18(17)23(25)24(21)22/h2-13,19,22H,14H2,1H3/t19-,22+/m1/s1. The zero-order chi connectivity index (χ0) is 17.0. The highest BCUT2D eigenvalue weighted by Crippen LogP contribution is 2.51. The largest absolute Gasteiger partial charge is 0.301 e. The molecule has 0 bridgehead atoms. The van der Waals surface area contributed by atoms with Crippen molar-refractivity contribution < 1.29 is 4.79 Å². The number of nitrogens with zero attached hydrogens (tertiary/aromatic N) is 1. The molecule has 0 radical (unpaired) electrons. The van der Waals surface area contributed by atoms with Crippen molar-refractivity contribution in [3.05, 3.63) is 101 Å². The number of carbonyl (C=O) groups excluding carboxylic acids is 1. The lowest BCUT2D eigenvalue weighted by molar-refractivity contribution is 0.0988. The maximum Gasteiger partial charge on any atom is 0.259 e. The van der Waals surface area contributed by atoms with Gasteiger partial charge in [0.1, 0.15) is 0 Å². The van der Waals surface area contributed by atoms with Crippen molar-refractivity contribution in [2.45, 2.75) is 25.3 Å². The zero-order valence-corrected chi connectivity index (χ0v) is 14.1. The molecule has 0 N–H and O–H groups in total. The summed E-state index contributed by atoms with van der Waals surface area (Å²) in [5.41, 5.74) is 6.92. The second-order valence-corrected chi connectivity index (χ2v) is 7.04. The van der Waals surface area contributed by atoms with E-state index >= 15 is 0 Å². The van der Waals surface area contributed by atoms with E-state index in [1.54, 1.807) is 0 Å². The van der Waals surface area contributed by atoms with Gasteiger partial charge >= 0.3 is 0 Å². The van der Waals surface area contributed by atoms with Gasteiger partial charge in [-0.1, -0.05) is 66.2 Å². The zero-order valence-electron chi connectivity index (χ0n) is 14.1. The van der Waals surface area contributed by atoms with E-state index in [9.17, 15) is 4.79 Å². The first kappa shape index (κ1) is 14.5. The Morgan fingerprint density at radius 1 is 0.880 bits per heavy atom. The van der Waals surface area contributed by atoms with Gasteiger partial charge < -0.3 is 4.90 Å². The molecule has 3 aromatic carbocycles. The molecule has 0 saturated heterocycles. The monoisotopic (exact) mass is 325 g/mol. The molecule has 3 aromatic rings. The third-order valence-electron chi connectivity index (χ3n) is 5.56. The quantitative estimate of drug-likeness (QED) is 0.600. The Kier molecular flexibility index (Phi) is 3.08. The highest BCUT2D eigenvalue weighted by molar-refractivity contribution is 6.11. The first-order valence-electron chi connectivity index (χ1n) is 8.82. The van der Waals surface area contributed by atoms with Crippen LogP contribution in [0.4, 0.5) is 5.69 Å². The van der Waals surface area contributed by atoms with E-state index < -0.39 is 0 Å². The van der Waals surface area contributed by atoms with Crippen molar-refractivity contribution >= 4 is 11.6 Å². The Balaban J connectivity index is 1.73. The van der Waals surface area contributed by atoms with Crippen LogP contribution in [-0.2, 0) is 0 Å². The molecule has 122 valence electrons. The third-order valence-corrected chi connectivity index (χ3v) is 5.56. The summed E-state index contributed by atoms with van der Waals surface area (Å²) in [5, 5.41) is 0. The van der Waals surface area contributed by atoms with Crippen LogP contribution in [0.2, 0.25) is 0 Å². The Hall–Kier alpha value is -2.87. The van der Waals surface area contributed by atoms with Gasteiger partial charge in [0.05, 0.1) is 6.04 Å². The van der Waals surface area contributed by atoms with Crippen LogP contribution < -0.4 is 4.90 Å². The number of benzene rings is 3. The Bertz CT molecular complexity index is 976. The second-order valence-electron chi connectivity index (χ2n) is 7.04. The minimum absolute atomic E-state index is 0.129. The summed E-state index contributed by atoms with van der Waals surface area (Å²) in [4.78, 5) is 15.1. The number of fused-ring (bicyclic) bond motifs is 5. The molecule has 2 atom stereocenters. The number of hydrogen-bond donors (Lipinski definition) is 0. The minimum atomic E-state index is 0.129. The van der Waals surface area contributed by atoms with Gasteiger partial charge in [-0.25, -0.2) is 0 Å². The summed E-state index contributed by atoms with van der Waals surface area (Å²) in [7, 11) is 0. The van der Waals surface area contributed by atoms with Crippen molar-refractivity contribution in [1.82, 2.24) is 0 Å². The van der Waals surface area contributed by atoms with E-state index in [-0.39, 0.29) is 11.9 Å². The normalized spacial score (nSPS) is 20.8. The van der Waals surface area contributed by atoms with Crippen molar-refractivity contribution in [3.8, 4) is 0 Å². The van der Waals surface area contributed by atoms with Gasteiger partial charge in [-0.3, -0.25) is 4.79 Å². The average Bonchev–Trinajstić information content (AvgIpc) is 2.94. The summed E-state index contributed by atoms with van der Waals surface area (Å²) in [5.74, 6) is 0.452. The number of anilines is 1. The molecule has 0 fully saturated rings. The highest BCUT2D eigenvalue weighted by Gasteiger charge is 2.43. The van der Waals surface area contributed by atoms with Crippen LogP contribution in [0, 0.1) is 6.92 Å². The van der Waals surface area contributed by atoms with E-state index in [0.717, 1.165) is 17.7 Å². The van der Waals surface area contributed by atoms with Crippen LogP contribution in [0.25, 0.3) is 0 Å². The molecule has 0 unspecified atom stereocenters. The average molecular weight is 325 g/mol. The molecular weight excluding hydrogens is 306 g/mol. The molecule has 0 saturated carbocycles. The van der Waals surface area contributed by atoms with Crippen molar-refractivity contribution in [2.75, 3.05) is 4.90 Å². The molecule has 0 spiro atoms. The molecule has 2 aliphatic heterocycles. The Labute approximate surface area is 147 Å². The summed E-state index contributed by atoms with van der Waals surface area (Å²) in [6.07, 6.45) is 0.934. The summed E-state index contributed by atoms with van der Waals surface area (Å²) < 4.78 is 0. The fourth-order valence-corrected chi connectivity index (χ4v) is 4.43. The second kappa shape index (κ2) is 5.32. The molecule has 1 amide bonds. The van der Waals surface area contributed by atoms with Crippen LogP contribution in [0.3, 0.4) is 0 Å². The van der Waals surface area contributed by atoms with Gasteiger partial charge in [0, 0.05) is 17.2 Å². The van der Waals surface area contributed by atoms with Crippen LogP contribution in [0.15, 0.2) is 72.8 Å². The topological polar surface area (TPSA) is 20.3 Å². The van der Waals surface area contributed by atoms with Gasteiger partial charge in [-0.2, -0.15) is 0 Å². The van der Waals surface area contributed by atoms with Gasteiger partial charge in [-0.15, -0.1) is 0 Å². The SMILES string of the molecule is Cc1ccc2c(c1)[C@@H](c1ccccc1)C[C@H]1c3ccccc3C(=O)N21. The van der Waals surface area contributed by atoms with Crippen LogP contribution in [0.1, 0.15) is 51.0 Å². The van der Waals surface area contributed by atoms with Crippen molar-refractivity contribution in [2.24, 2.45) is 0 Å². The first-order chi connectivity index (χ1) is 12.2. The molecule has 2 heteroatoms. The highest BCUT2D eigenvalue weighted by atomic mass is 16.2. The smallest absolute Gasteiger partial charge is 0.259 e. The van der Waals surface area contributed by atoms with Crippen molar-refractivity contribution in [1.29, 1.82) is 0 Å². The van der Waals surface area contributed by atoms with E-state index in [2.05, 4.69) is 61.5 Å². The fourth-order valence-electron chi connectivity index (χ4n) is 4.43. The molecule has 25 heavy (non-hydrogen) atoms. The molecule has 2 nitrogen and oxygen atoms in total. The number of hydrogen-bond acceptors (Lipinski definition) is 1. The van der Waals surface area contributed by atoms with Gasteiger partial charge in [0.15, 0.2) is 0 Å². The lowest BCUT2D eigenvalue weighted by Gasteiger charge is -2.37. The summed E-state index contributed by atoms with van der Waals surface area (Å²) >= 11 is 0. The molecule has 0 aliphatic carbocycles.